The van der Waals surface area contributed by atoms with Crippen molar-refractivity contribution in [3.63, 3.8) is 0 Å². The zero-order valence-electron chi connectivity index (χ0n) is 29.2. The third-order valence-corrected chi connectivity index (χ3v) is 10.1. The lowest BCUT2D eigenvalue weighted by molar-refractivity contribution is -0.124. The topological polar surface area (TPSA) is 146 Å². The number of carbonyl (C=O) groups is 3. The van der Waals surface area contributed by atoms with E-state index in [1.807, 2.05) is 79.9 Å². The van der Waals surface area contributed by atoms with Crippen LogP contribution in [0.15, 0.2) is 77.8 Å². The second-order valence-electron chi connectivity index (χ2n) is 13.0. The van der Waals surface area contributed by atoms with Crippen molar-refractivity contribution in [3.05, 3.63) is 104 Å². The molecule has 0 bridgehead atoms. The minimum absolute atomic E-state index is 0.0671. The maximum atomic E-state index is 13.9. The Labute approximate surface area is 302 Å². The van der Waals surface area contributed by atoms with Crippen molar-refractivity contribution >= 4 is 40.7 Å². The highest BCUT2D eigenvalue weighted by atomic mass is 32.1. The smallest absolute Gasteiger partial charge is 0.407 e. The number of aromatic nitrogens is 2. The number of benzene rings is 2. The fourth-order valence-electron chi connectivity index (χ4n) is 5.39. The molecule has 1 unspecified atom stereocenters. The lowest BCUT2D eigenvalue weighted by atomic mass is 9.93. The molecule has 0 spiro atoms. The second kappa shape index (κ2) is 19.2. The second-order valence-corrected chi connectivity index (χ2v) is 14.9. The first kappa shape index (κ1) is 38.5. The van der Waals surface area contributed by atoms with E-state index in [9.17, 15) is 19.5 Å². The maximum absolute atomic E-state index is 13.9. The van der Waals surface area contributed by atoms with Crippen molar-refractivity contribution in [2.75, 3.05) is 7.05 Å². The molecule has 13 heteroatoms. The van der Waals surface area contributed by atoms with Crippen LogP contribution in [0.4, 0.5) is 9.59 Å². The molecule has 2 aromatic carbocycles. The quantitative estimate of drug-likeness (QED) is 0.106. The first-order valence-corrected chi connectivity index (χ1v) is 18.6. The van der Waals surface area contributed by atoms with Gasteiger partial charge in [0.25, 0.3) is 0 Å². The van der Waals surface area contributed by atoms with Crippen LogP contribution in [0.25, 0.3) is 0 Å². The average Bonchev–Trinajstić information content (AvgIpc) is 3.79. The van der Waals surface area contributed by atoms with Gasteiger partial charge in [0, 0.05) is 30.6 Å². The number of aliphatic hydroxyl groups is 1. The number of rotatable bonds is 17. The van der Waals surface area contributed by atoms with Gasteiger partial charge in [0.2, 0.25) is 5.91 Å². The highest BCUT2D eigenvalue weighted by molar-refractivity contribution is 7.09. The number of hydrogen-bond acceptors (Lipinski definition) is 9. The molecule has 4 N–H and O–H groups in total. The van der Waals surface area contributed by atoms with Crippen molar-refractivity contribution in [2.45, 2.75) is 90.3 Å². The number of nitrogens with one attached hydrogen (secondary N) is 3. The lowest BCUT2D eigenvalue weighted by Gasteiger charge is -2.30. The number of amides is 4. The summed E-state index contributed by atoms with van der Waals surface area (Å²) in [5.41, 5.74) is 4.35. The molecule has 2 aromatic heterocycles. The molecule has 0 aliphatic rings. The van der Waals surface area contributed by atoms with E-state index in [-0.39, 0.29) is 30.9 Å². The Hall–Kier alpha value is -4.33. The number of alkyl carbamates (subject to hydrolysis) is 1. The Bertz CT molecular complexity index is 1620. The van der Waals surface area contributed by atoms with Gasteiger partial charge in [-0.15, -0.1) is 22.7 Å². The summed E-state index contributed by atoms with van der Waals surface area (Å²) >= 11 is 2.95. The zero-order chi connectivity index (χ0) is 36.0. The highest BCUT2D eigenvalue weighted by Gasteiger charge is 2.31. The molecule has 0 radical (unpaired) electrons. The Morgan fingerprint density at radius 3 is 2.14 bits per heavy atom. The molecule has 0 saturated heterocycles. The van der Waals surface area contributed by atoms with Crippen LogP contribution in [0, 0.1) is 5.92 Å². The predicted molar refractivity (Wildman–Crippen MR) is 197 cm³/mol. The van der Waals surface area contributed by atoms with Crippen LogP contribution < -0.4 is 16.0 Å². The molecule has 50 heavy (non-hydrogen) atoms. The summed E-state index contributed by atoms with van der Waals surface area (Å²) in [6.07, 6.45) is 0.836. The van der Waals surface area contributed by atoms with Crippen LogP contribution in [-0.2, 0) is 35.5 Å². The van der Waals surface area contributed by atoms with Crippen LogP contribution in [0.5, 0.6) is 0 Å². The van der Waals surface area contributed by atoms with Crippen LogP contribution >= 0.6 is 22.7 Å². The summed E-state index contributed by atoms with van der Waals surface area (Å²) in [5.74, 6) is -0.277. The average molecular weight is 721 g/mol. The van der Waals surface area contributed by atoms with E-state index in [4.69, 9.17) is 4.74 Å². The normalized spacial score (nSPS) is 13.7. The van der Waals surface area contributed by atoms with Gasteiger partial charge in [-0.25, -0.2) is 14.6 Å². The summed E-state index contributed by atoms with van der Waals surface area (Å²) in [6.45, 7) is 8.28. The van der Waals surface area contributed by atoms with Gasteiger partial charge in [0.05, 0.1) is 39.8 Å². The fourth-order valence-corrected chi connectivity index (χ4v) is 6.72. The van der Waals surface area contributed by atoms with Gasteiger partial charge in [0.15, 0.2) is 0 Å². The number of ether oxygens (including phenoxy) is 1. The SMILES string of the molecule is CC(C)c1nc(CN(C)C(=O)NC(C(=O)N[C@@H](Cc2ccccc2)C[C@H](O)[C@H](Cc2ccccc2)NC(=O)OCc2cncs2)C(C)C)cs1. The van der Waals surface area contributed by atoms with Gasteiger partial charge in [-0.3, -0.25) is 9.78 Å². The number of hydrogen-bond donors (Lipinski definition) is 4. The standard InChI is InChI=1S/C37H48N6O5S2/c1-24(2)33(42-36(46)43(5)20-29-22-49-35(40-29)25(3)4)34(45)39-28(16-26-12-8-6-9-13-26)18-32(44)31(17-27-14-10-7-11-15-27)41-37(47)48-21-30-19-38-23-50-30/h6-15,19,22-25,28,31-33,44H,16-18,20-21H2,1-5H3,(H,39,45)(H,41,47)(H,42,46)/t28-,31-,32-,33?/m0/s1. The Kier molecular flexibility index (Phi) is 14.7. The van der Waals surface area contributed by atoms with Crippen molar-refractivity contribution in [2.24, 2.45) is 5.92 Å². The van der Waals surface area contributed by atoms with Crippen LogP contribution in [-0.4, -0.2) is 69.3 Å². The van der Waals surface area contributed by atoms with Crippen LogP contribution in [0.3, 0.4) is 0 Å². The molecule has 0 aliphatic heterocycles. The molecule has 268 valence electrons. The van der Waals surface area contributed by atoms with E-state index in [0.29, 0.717) is 25.3 Å². The number of nitrogens with zero attached hydrogens (tertiary/aromatic N) is 3. The zero-order valence-corrected chi connectivity index (χ0v) is 30.9. The van der Waals surface area contributed by atoms with Crippen molar-refractivity contribution < 1.29 is 24.2 Å². The first-order valence-electron chi connectivity index (χ1n) is 16.8. The molecular weight excluding hydrogens is 673 g/mol. The molecule has 0 saturated carbocycles. The number of carbonyl (C=O) groups excluding carboxylic acids is 3. The van der Waals surface area contributed by atoms with Crippen molar-refractivity contribution in [1.29, 1.82) is 0 Å². The Morgan fingerprint density at radius 1 is 0.900 bits per heavy atom. The third-order valence-electron chi connectivity index (χ3n) is 8.13. The fraction of sp³-hybridized carbons (Fsp3) is 0.432. The van der Waals surface area contributed by atoms with E-state index in [1.165, 1.54) is 16.2 Å². The third kappa shape index (κ3) is 12.2. The Morgan fingerprint density at radius 2 is 1.56 bits per heavy atom. The van der Waals surface area contributed by atoms with Crippen LogP contribution in [0.2, 0.25) is 0 Å². The molecule has 4 aromatic rings. The van der Waals surface area contributed by atoms with Crippen molar-refractivity contribution in [1.82, 2.24) is 30.8 Å². The maximum Gasteiger partial charge on any atom is 0.407 e. The molecular formula is C37H48N6O5S2. The first-order chi connectivity index (χ1) is 24.0. The van der Waals surface area contributed by atoms with Gasteiger partial charge in [-0.1, -0.05) is 88.4 Å². The van der Waals surface area contributed by atoms with Gasteiger partial charge < -0.3 is 30.7 Å². The largest absolute Gasteiger partial charge is 0.444 e. The molecule has 2 heterocycles. The summed E-state index contributed by atoms with van der Waals surface area (Å²) < 4.78 is 5.42. The van der Waals surface area contributed by atoms with Gasteiger partial charge in [-0.05, 0) is 36.3 Å². The van der Waals surface area contributed by atoms with Crippen LogP contribution in [0.1, 0.15) is 66.7 Å². The predicted octanol–water partition coefficient (Wildman–Crippen LogP) is 5.91. The molecule has 0 fully saturated rings. The van der Waals surface area contributed by atoms with E-state index in [2.05, 4.69) is 39.8 Å². The van der Waals surface area contributed by atoms with E-state index in [1.54, 1.807) is 30.1 Å². The summed E-state index contributed by atoms with van der Waals surface area (Å²) in [7, 11) is 1.68. The number of thiazole rings is 2. The monoisotopic (exact) mass is 720 g/mol. The number of aliphatic hydroxyl groups excluding tert-OH is 1. The van der Waals surface area contributed by atoms with E-state index < -0.39 is 30.3 Å². The summed E-state index contributed by atoms with van der Waals surface area (Å²) in [6, 6.07) is 16.8. The molecule has 11 nitrogen and oxygen atoms in total. The minimum atomic E-state index is -1.05. The van der Waals surface area contributed by atoms with E-state index >= 15 is 0 Å². The van der Waals surface area contributed by atoms with Gasteiger partial charge >= 0.3 is 12.1 Å². The Balaban J connectivity index is 1.46. The van der Waals surface area contributed by atoms with Gasteiger partial charge in [-0.2, -0.15) is 0 Å². The number of urea groups is 1. The highest BCUT2D eigenvalue weighted by Crippen LogP contribution is 2.20. The van der Waals surface area contributed by atoms with Crippen molar-refractivity contribution in [3.8, 4) is 0 Å². The lowest BCUT2D eigenvalue weighted by Crippen LogP contribution is -2.55. The molecule has 4 atom stereocenters. The summed E-state index contributed by atoms with van der Waals surface area (Å²) in [4.78, 5) is 51.0. The van der Waals surface area contributed by atoms with Gasteiger partial charge in [0.1, 0.15) is 12.6 Å². The molecule has 0 aliphatic carbocycles. The molecule has 4 rings (SSSR count). The summed E-state index contributed by atoms with van der Waals surface area (Å²) in [5, 5.41) is 23.5. The van der Waals surface area contributed by atoms with E-state index in [0.717, 1.165) is 26.7 Å². The molecule has 4 amide bonds. The minimum Gasteiger partial charge on any atom is -0.444 e.